The van der Waals surface area contributed by atoms with E-state index in [1.807, 2.05) is 17.7 Å². The summed E-state index contributed by atoms with van der Waals surface area (Å²) in [5.41, 5.74) is 3.90. The Morgan fingerprint density at radius 3 is 2.45 bits per heavy atom. The summed E-state index contributed by atoms with van der Waals surface area (Å²) in [6.07, 6.45) is 3.23. The lowest BCUT2D eigenvalue weighted by Gasteiger charge is -2.27. The summed E-state index contributed by atoms with van der Waals surface area (Å²) >= 11 is 0. The molecule has 0 spiro atoms. The maximum Gasteiger partial charge on any atom is 0.246 e. The fraction of sp³-hybridized carbons (Fsp3) is 0.476. The van der Waals surface area contributed by atoms with Gasteiger partial charge in [-0.15, -0.1) is 0 Å². The van der Waals surface area contributed by atoms with Crippen LogP contribution in [0.15, 0.2) is 41.3 Å². The Hall–Kier alpha value is -2.00. The average molecular weight is 417 g/mol. The Morgan fingerprint density at radius 1 is 1.07 bits per heavy atom. The highest BCUT2D eigenvalue weighted by molar-refractivity contribution is 7.89. The SMILES string of the molecule is Cc1nn(CN2CC=C(c3ccccc3)CC2)c(C)c1S(=O)(=O)N1CCOCC1. The van der Waals surface area contributed by atoms with Crippen molar-refractivity contribution in [1.29, 1.82) is 0 Å². The summed E-state index contributed by atoms with van der Waals surface area (Å²) in [4.78, 5) is 2.63. The van der Waals surface area contributed by atoms with E-state index in [1.165, 1.54) is 15.4 Å². The first-order chi connectivity index (χ1) is 14.0. The molecule has 0 unspecified atom stereocenters. The normalized spacial score (nSPS) is 19.3. The standard InChI is InChI=1S/C21H28N4O3S/c1-17-21(29(26,27)24-12-14-28-15-13-24)18(2)25(22-17)16-23-10-8-20(9-11-23)19-6-4-3-5-7-19/h3-8H,9-16H2,1-2H3. The van der Waals surface area contributed by atoms with Gasteiger partial charge in [-0.05, 0) is 31.4 Å². The largest absolute Gasteiger partial charge is 0.379 e. The molecule has 2 aliphatic heterocycles. The molecule has 2 aromatic rings. The molecule has 4 rings (SSSR count). The van der Waals surface area contributed by atoms with Crippen molar-refractivity contribution in [3.8, 4) is 0 Å². The summed E-state index contributed by atoms with van der Waals surface area (Å²) in [5, 5.41) is 4.56. The first-order valence-electron chi connectivity index (χ1n) is 10.1. The molecule has 0 saturated carbocycles. The maximum atomic E-state index is 13.1. The lowest BCUT2D eigenvalue weighted by molar-refractivity contribution is 0.0730. The van der Waals surface area contributed by atoms with E-state index in [9.17, 15) is 8.42 Å². The fourth-order valence-corrected chi connectivity index (χ4v) is 5.83. The van der Waals surface area contributed by atoms with Crippen LogP contribution in [0.1, 0.15) is 23.4 Å². The Balaban J connectivity index is 1.50. The molecule has 0 amide bonds. The van der Waals surface area contributed by atoms with Crippen LogP contribution in [-0.4, -0.2) is 66.8 Å². The van der Waals surface area contributed by atoms with Crippen molar-refractivity contribution >= 4 is 15.6 Å². The molecular weight excluding hydrogens is 388 g/mol. The van der Waals surface area contributed by atoms with Crippen molar-refractivity contribution in [3.05, 3.63) is 53.4 Å². The molecule has 156 valence electrons. The van der Waals surface area contributed by atoms with E-state index in [2.05, 4.69) is 40.3 Å². The lowest BCUT2D eigenvalue weighted by Crippen LogP contribution is -2.41. The van der Waals surface area contributed by atoms with Gasteiger partial charge in [0.1, 0.15) is 4.90 Å². The van der Waals surface area contributed by atoms with Crippen LogP contribution in [0.3, 0.4) is 0 Å². The van der Waals surface area contributed by atoms with Crippen LogP contribution in [0.5, 0.6) is 0 Å². The van der Waals surface area contributed by atoms with Crippen LogP contribution in [0.25, 0.3) is 5.57 Å². The minimum absolute atomic E-state index is 0.344. The second-order valence-corrected chi connectivity index (χ2v) is 9.45. The number of rotatable bonds is 5. The topological polar surface area (TPSA) is 67.7 Å². The zero-order valence-electron chi connectivity index (χ0n) is 17.0. The third kappa shape index (κ3) is 4.16. The monoisotopic (exact) mass is 416 g/mol. The van der Waals surface area contributed by atoms with Crippen LogP contribution >= 0.6 is 0 Å². The molecule has 1 fully saturated rings. The second kappa shape index (κ2) is 8.39. The summed E-state index contributed by atoms with van der Waals surface area (Å²) in [7, 11) is -3.55. The number of ether oxygens (including phenoxy) is 1. The highest BCUT2D eigenvalue weighted by atomic mass is 32.2. The summed E-state index contributed by atoms with van der Waals surface area (Å²) < 4.78 is 34.9. The number of benzene rings is 1. The second-order valence-electron chi connectivity index (χ2n) is 7.58. The number of hydrogen-bond donors (Lipinski definition) is 0. The van der Waals surface area contributed by atoms with Crippen molar-refractivity contribution in [2.75, 3.05) is 39.4 Å². The Morgan fingerprint density at radius 2 is 1.79 bits per heavy atom. The molecule has 1 aromatic carbocycles. The van der Waals surface area contributed by atoms with Gasteiger partial charge in [0, 0.05) is 26.2 Å². The van der Waals surface area contributed by atoms with Gasteiger partial charge < -0.3 is 4.74 Å². The van der Waals surface area contributed by atoms with Gasteiger partial charge in [0.25, 0.3) is 0 Å². The zero-order chi connectivity index (χ0) is 20.4. The molecule has 3 heterocycles. The molecule has 0 radical (unpaired) electrons. The van der Waals surface area contributed by atoms with E-state index in [4.69, 9.17) is 4.74 Å². The average Bonchev–Trinajstić information content (AvgIpc) is 3.03. The van der Waals surface area contributed by atoms with Crippen LogP contribution in [0.4, 0.5) is 0 Å². The summed E-state index contributed by atoms with van der Waals surface area (Å²) in [5.74, 6) is 0. The molecule has 0 atom stereocenters. The molecule has 2 aliphatic rings. The first kappa shape index (κ1) is 20.3. The number of morpholine rings is 1. The molecule has 7 nitrogen and oxygen atoms in total. The molecule has 0 bridgehead atoms. The van der Waals surface area contributed by atoms with Crippen LogP contribution in [0, 0.1) is 13.8 Å². The van der Waals surface area contributed by atoms with Gasteiger partial charge in [0.2, 0.25) is 10.0 Å². The zero-order valence-corrected chi connectivity index (χ0v) is 17.9. The van der Waals surface area contributed by atoms with E-state index in [0.29, 0.717) is 49.3 Å². The Kier molecular flexibility index (Phi) is 5.87. The first-order valence-corrected chi connectivity index (χ1v) is 11.5. The highest BCUT2D eigenvalue weighted by Gasteiger charge is 2.32. The third-order valence-electron chi connectivity index (χ3n) is 5.65. The smallest absolute Gasteiger partial charge is 0.246 e. The Labute approximate surface area is 172 Å². The van der Waals surface area contributed by atoms with Gasteiger partial charge in [0.15, 0.2) is 0 Å². The van der Waals surface area contributed by atoms with E-state index in [0.717, 1.165) is 19.5 Å². The minimum Gasteiger partial charge on any atom is -0.379 e. The molecule has 8 heteroatoms. The molecule has 1 aromatic heterocycles. The molecule has 1 saturated heterocycles. The third-order valence-corrected chi connectivity index (χ3v) is 7.81. The number of nitrogens with zero attached hydrogens (tertiary/aromatic N) is 4. The van der Waals surface area contributed by atoms with E-state index >= 15 is 0 Å². The number of hydrogen-bond acceptors (Lipinski definition) is 5. The number of sulfonamides is 1. The lowest BCUT2D eigenvalue weighted by atomic mass is 10.00. The fourth-order valence-electron chi connectivity index (χ4n) is 4.05. The van der Waals surface area contributed by atoms with Crippen LogP contribution < -0.4 is 0 Å². The van der Waals surface area contributed by atoms with Gasteiger partial charge in [-0.2, -0.15) is 9.40 Å². The molecule has 29 heavy (non-hydrogen) atoms. The van der Waals surface area contributed by atoms with E-state index < -0.39 is 10.0 Å². The maximum absolute atomic E-state index is 13.1. The summed E-state index contributed by atoms with van der Waals surface area (Å²) in [6.45, 7) is 7.63. The van der Waals surface area contributed by atoms with Crippen molar-refractivity contribution < 1.29 is 13.2 Å². The number of aromatic nitrogens is 2. The molecule has 0 aliphatic carbocycles. The van der Waals surface area contributed by atoms with Gasteiger partial charge in [-0.25, -0.2) is 8.42 Å². The quantitative estimate of drug-likeness (QED) is 0.748. The van der Waals surface area contributed by atoms with Gasteiger partial charge in [0.05, 0.1) is 31.3 Å². The minimum atomic E-state index is -3.55. The molecule has 0 N–H and O–H groups in total. The highest BCUT2D eigenvalue weighted by Crippen LogP contribution is 2.26. The van der Waals surface area contributed by atoms with E-state index in [1.54, 1.807) is 6.92 Å². The van der Waals surface area contributed by atoms with Crippen molar-refractivity contribution in [2.24, 2.45) is 0 Å². The van der Waals surface area contributed by atoms with E-state index in [-0.39, 0.29) is 0 Å². The van der Waals surface area contributed by atoms with Gasteiger partial charge >= 0.3 is 0 Å². The van der Waals surface area contributed by atoms with Crippen LogP contribution in [0.2, 0.25) is 0 Å². The van der Waals surface area contributed by atoms with Gasteiger partial charge in [-0.1, -0.05) is 36.4 Å². The van der Waals surface area contributed by atoms with Gasteiger partial charge in [-0.3, -0.25) is 9.58 Å². The van der Waals surface area contributed by atoms with Crippen LogP contribution in [-0.2, 0) is 21.4 Å². The van der Waals surface area contributed by atoms with Crippen molar-refractivity contribution in [1.82, 2.24) is 19.0 Å². The van der Waals surface area contributed by atoms with Crippen molar-refractivity contribution in [2.45, 2.75) is 31.8 Å². The number of aryl methyl sites for hydroxylation is 1. The predicted octanol–water partition coefficient (Wildman–Crippen LogP) is 2.27. The Bertz CT molecular complexity index is 992. The summed E-state index contributed by atoms with van der Waals surface area (Å²) in [6, 6.07) is 10.4. The van der Waals surface area contributed by atoms with Crippen molar-refractivity contribution in [3.63, 3.8) is 0 Å². The predicted molar refractivity (Wildman–Crippen MR) is 112 cm³/mol. The molecular formula is C21H28N4O3S.